The number of hydrogen-bond donors (Lipinski definition) is 1. The number of hydrazone groups is 1. The van der Waals surface area contributed by atoms with Gasteiger partial charge in [0.1, 0.15) is 5.75 Å². The number of rotatable bonds is 5. The molecule has 0 saturated heterocycles. The fourth-order valence-electron chi connectivity index (χ4n) is 3.39. The molecule has 6 nitrogen and oxygen atoms in total. The fraction of sp³-hybridized carbons (Fsp3) is 0.182. The first kappa shape index (κ1) is 19.0. The molecular weight excluding hydrogens is 388 g/mol. The predicted octanol–water partition coefficient (Wildman–Crippen LogP) is 4.46. The lowest BCUT2D eigenvalue weighted by Crippen LogP contribution is -2.27. The summed E-state index contributed by atoms with van der Waals surface area (Å²) in [6, 6.07) is 15.7. The lowest BCUT2D eigenvalue weighted by Gasteiger charge is -2.23. The Morgan fingerprint density at radius 1 is 1.14 bits per heavy atom. The van der Waals surface area contributed by atoms with Gasteiger partial charge in [-0.25, -0.2) is 5.01 Å². The van der Waals surface area contributed by atoms with Gasteiger partial charge in [-0.15, -0.1) is 11.3 Å². The van der Waals surface area contributed by atoms with Crippen LogP contribution in [0.4, 0.5) is 0 Å². The maximum absolute atomic E-state index is 13.3. The molecule has 3 aromatic rings. The largest absolute Gasteiger partial charge is 0.504 e. The van der Waals surface area contributed by atoms with Crippen LogP contribution >= 0.6 is 11.3 Å². The van der Waals surface area contributed by atoms with Crippen molar-refractivity contribution < 1.29 is 19.4 Å². The van der Waals surface area contributed by atoms with E-state index in [1.165, 1.54) is 12.1 Å². The second-order valence-corrected chi connectivity index (χ2v) is 7.47. The molecule has 1 aromatic heterocycles. The topological polar surface area (TPSA) is 71.4 Å². The van der Waals surface area contributed by atoms with E-state index >= 15 is 0 Å². The van der Waals surface area contributed by atoms with Crippen molar-refractivity contribution in [2.75, 3.05) is 14.2 Å². The molecule has 0 aliphatic carbocycles. The van der Waals surface area contributed by atoms with Gasteiger partial charge in [0.2, 0.25) is 0 Å². The predicted molar refractivity (Wildman–Crippen MR) is 112 cm³/mol. The summed E-state index contributed by atoms with van der Waals surface area (Å²) in [5, 5.41) is 18.7. The van der Waals surface area contributed by atoms with Crippen LogP contribution in [0, 0.1) is 0 Å². The molecule has 1 atom stereocenters. The minimum Gasteiger partial charge on any atom is -0.504 e. The van der Waals surface area contributed by atoms with E-state index in [1.807, 2.05) is 17.5 Å². The number of methoxy groups -OCH3 is 2. The monoisotopic (exact) mass is 408 g/mol. The summed E-state index contributed by atoms with van der Waals surface area (Å²) >= 11 is 1.57. The number of aromatic hydroxyl groups is 1. The molecule has 0 fully saturated rings. The van der Waals surface area contributed by atoms with Gasteiger partial charge in [-0.05, 0) is 35.7 Å². The number of phenols is 1. The molecule has 0 saturated carbocycles. The minimum atomic E-state index is -0.444. The van der Waals surface area contributed by atoms with Crippen LogP contribution in [0.5, 0.6) is 17.2 Å². The summed E-state index contributed by atoms with van der Waals surface area (Å²) in [4.78, 5) is 14.3. The molecule has 1 aliphatic rings. The number of carbonyl (C=O) groups excluding carboxylic acids is 1. The van der Waals surface area contributed by atoms with Crippen LogP contribution in [0.25, 0.3) is 0 Å². The summed E-state index contributed by atoms with van der Waals surface area (Å²) < 4.78 is 10.5. The van der Waals surface area contributed by atoms with Gasteiger partial charge in [0.15, 0.2) is 11.5 Å². The van der Waals surface area contributed by atoms with Crippen molar-refractivity contribution in [3.8, 4) is 17.2 Å². The molecule has 148 valence electrons. The van der Waals surface area contributed by atoms with Crippen LogP contribution in [0.15, 0.2) is 65.1 Å². The zero-order valence-corrected chi connectivity index (χ0v) is 16.8. The first-order chi connectivity index (χ1) is 14.1. The van der Waals surface area contributed by atoms with Gasteiger partial charge in [-0.3, -0.25) is 4.79 Å². The molecule has 0 radical (unpaired) electrons. The van der Waals surface area contributed by atoms with Crippen molar-refractivity contribution in [2.45, 2.75) is 12.5 Å². The summed E-state index contributed by atoms with van der Waals surface area (Å²) in [5.41, 5.74) is 1.87. The molecule has 0 bridgehead atoms. The van der Waals surface area contributed by atoms with Gasteiger partial charge in [0.25, 0.3) is 5.91 Å². The lowest BCUT2D eigenvalue weighted by atomic mass is 9.99. The maximum Gasteiger partial charge on any atom is 0.274 e. The standard InChI is InChI=1S/C22H20N2O4S/c1-27-15-7-3-6-14(12-15)22(26)24-18(13-17(23-24)20-10-5-11-29-20)16-8-4-9-19(28-2)21(16)25/h3-12,18,25H,13H2,1-2H3/t18-/m0/s1. The quantitative estimate of drug-likeness (QED) is 0.677. The minimum absolute atomic E-state index is 0.0195. The third-order valence-electron chi connectivity index (χ3n) is 4.85. The molecule has 7 heteroatoms. The SMILES string of the molecule is COc1cccc(C(=O)N2N=C(c3cccs3)C[C@H]2c2cccc(OC)c2O)c1. The van der Waals surface area contributed by atoms with Gasteiger partial charge in [0, 0.05) is 17.5 Å². The zero-order chi connectivity index (χ0) is 20.4. The normalized spacial score (nSPS) is 15.9. The second-order valence-electron chi connectivity index (χ2n) is 6.52. The van der Waals surface area contributed by atoms with Crippen LogP contribution in [0.2, 0.25) is 0 Å². The number of para-hydroxylation sites is 1. The van der Waals surface area contributed by atoms with Gasteiger partial charge in [-0.1, -0.05) is 24.3 Å². The third-order valence-corrected chi connectivity index (χ3v) is 5.77. The molecule has 2 aromatic carbocycles. The molecule has 1 N–H and O–H groups in total. The number of hydrogen-bond acceptors (Lipinski definition) is 6. The van der Waals surface area contributed by atoms with E-state index < -0.39 is 6.04 Å². The highest BCUT2D eigenvalue weighted by Gasteiger charge is 2.36. The first-order valence-electron chi connectivity index (χ1n) is 9.07. The smallest absolute Gasteiger partial charge is 0.274 e. The second kappa shape index (κ2) is 7.97. The molecule has 0 spiro atoms. The van der Waals surface area contributed by atoms with Crippen molar-refractivity contribution in [3.63, 3.8) is 0 Å². The van der Waals surface area contributed by atoms with Gasteiger partial charge in [0.05, 0.1) is 30.9 Å². The molecule has 2 heterocycles. The van der Waals surface area contributed by atoms with Crippen LogP contribution in [0.1, 0.15) is 33.3 Å². The van der Waals surface area contributed by atoms with Crippen LogP contribution < -0.4 is 9.47 Å². The van der Waals surface area contributed by atoms with Gasteiger partial charge < -0.3 is 14.6 Å². The zero-order valence-electron chi connectivity index (χ0n) is 16.0. The van der Waals surface area contributed by atoms with Crippen molar-refractivity contribution >= 4 is 23.0 Å². The summed E-state index contributed by atoms with van der Waals surface area (Å²) in [5.74, 6) is 0.716. The number of benzene rings is 2. The van der Waals surface area contributed by atoms with E-state index in [0.717, 1.165) is 10.6 Å². The number of ether oxygens (including phenoxy) is 2. The number of carbonyl (C=O) groups is 1. The van der Waals surface area contributed by atoms with Crippen LogP contribution in [-0.2, 0) is 0 Å². The third kappa shape index (κ3) is 3.56. The van der Waals surface area contributed by atoms with Crippen molar-refractivity contribution in [3.05, 3.63) is 76.0 Å². The van der Waals surface area contributed by atoms with Crippen LogP contribution in [-0.4, -0.2) is 36.0 Å². The van der Waals surface area contributed by atoms with Gasteiger partial charge >= 0.3 is 0 Å². The highest BCUT2D eigenvalue weighted by Crippen LogP contribution is 2.42. The van der Waals surface area contributed by atoms with E-state index in [1.54, 1.807) is 60.9 Å². The van der Waals surface area contributed by atoms with Gasteiger partial charge in [-0.2, -0.15) is 5.10 Å². The number of amides is 1. The Labute approximate surface area is 172 Å². The van der Waals surface area contributed by atoms with Crippen LogP contribution in [0.3, 0.4) is 0 Å². The van der Waals surface area contributed by atoms with E-state index in [2.05, 4.69) is 5.10 Å². The summed E-state index contributed by atoms with van der Waals surface area (Å²) in [6.07, 6.45) is 0.497. The van der Waals surface area contributed by atoms with E-state index in [0.29, 0.717) is 29.0 Å². The Morgan fingerprint density at radius 3 is 2.69 bits per heavy atom. The fourth-order valence-corrected chi connectivity index (χ4v) is 4.11. The maximum atomic E-state index is 13.3. The highest BCUT2D eigenvalue weighted by molar-refractivity contribution is 7.12. The molecule has 1 aliphatic heterocycles. The number of phenolic OH excluding ortho intramolecular Hbond substituents is 1. The molecule has 4 rings (SSSR count). The number of thiophene rings is 1. The Morgan fingerprint density at radius 2 is 1.97 bits per heavy atom. The molecule has 29 heavy (non-hydrogen) atoms. The van der Waals surface area contributed by atoms with E-state index in [9.17, 15) is 9.90 Å². The Bertz CT molecular complexity index is 1060. The molecular formula is C22H20N2O4S. The lowest BCUT2D eigenvalue weighted by molar-refractivity contribution is 0.0709. The summed E-state index contributed by atoms with van der Waals surface area (Å²) in [6.45, 7) is 0. The first-order valence-corrected chi connectivity index (χ1v) is 9.95. The average Bonchev–Trinajstić information content (AvgIpc) is 3.43. The van der Waals surface area contributed by atoms with E-state index in [4.69, 9.17) is 9.47 Å². The van der Waals surface area contributed by atoms with Crippen molar-refractivity contribution in [1.82, 2.24) is 5.01 Å². The van der Waals surface area contributed by atoms with Crippen molar-refractivity contribution in [2.24, 2.45) is 5.10 Å². The summed E-state index contributed by atoms with van der Waals surface area (Å²) in [7, 11) is 3.06. The Hall–Kier alpha value is -3.32. The Balaban J connectivity index is 1.77. The van der Waals surface area contributed by atoms with Crippen molar-refractivity contribution in [1.29, 1.82) is 0 Å². The molecule has 1 amide bonds. The highest BCUT2D eigenvalue weighted by atomic mass is 32.1. The Kier molecular flexibility index (Phi) is 5.22. The van der Waals surface area contributed by atoms with E-state index in [-0.39, 0.29) is 11.7 Å². The average molecular weight is 408 g/mol. The number of nitrogens with zero attached hydrogens (tertiary/aromatic N) is 2. The molecule has 0 unspecified atom stereocenters.